The molecule has 7 nitrogen and oxygen atoms in total. The molecule has 6 rings (SSSR count). The Labute approximate surface area is 234 Å². The lowest BCUT2D eigenvalue weighted by atomic mass is 9.69. The first-order valence-corrected chi connectivity index (χ1v) is 14.6. The van der Waals surface area contributed by atoms with E-state index >= 15 is 0 Å². The second-order valence-electron chi connectivity index (χ2n) is 10.3. The Kier molecular flexibility index (Phi) is 6.70. The Morgan fingerprint density at radius 2 is 1.52 bits per heavy atom. The number of anilines is 1. The van der Waals surface area contributed by atoms with Crippen LogP contribution in [0.4, 0.5) is 5.69 Å². The van der Waals surface area contributed by atoms with Crippen LogP contribution in [0.3, 0.4) is 0 Å². The number of rotatable bonds is 6. The van der Waals surface area contributed by atoms with Gasteiger partial charge in [-0.2, -0.15) is 5.06 Å². The molecule has 0 amide bonds. The molecule has 40 heavy (non-hydrogen) atoms. The smallest absolute Gasteiger partial charge is 0.318 e. The summed E-state index contributed by atoms with van der Waals surface area (Å²) in [6, 6.07) is 32.8. The van der Waals surface area contributed by atoms with Crippen molar-refractivity contribution < 1.29 is 22.8 Å². The third-order valence-corrected chi connectivity index (χ3v) is 9.62. The molecule has 8 heteroatoms. The summed E-state index contributed by atoms with van der Waals surface area (Å²) < 4.78 is 35.3. The fraction of sp³-hybridized carbons (Fsp3) is 0.219. The van der Waals surface area contributed by atoms with Crippen molar-refractivity contribution >= 4 is 21.7 Å². The van der Waals surface area contributed by atoms with Crippen LogP contribution in [0.1, 0.15) is 34.4 Å². The predicted molar refractivity (Wildman–Crippen MR) is 152 cm³/mol. The van der Waals surface area contributed by atoms with Crippen LogP contribution in [0, 0.1) is 12.3 Å². The van der Waals surface area contributed by atoms with E-state index in [9.17, 15) is 13.2 Å². The zero-order valence-electron chi connectivity index (χ0n) is 22.3. The standard InChI is InChI=1S/C32H30N2O5S/c1-23-17-19-26(20-18-23)40(36,37)34-22-32(31(35)38-2)29(27-15-9-10-16-28(27)34)33(21-24-11-5-3-6-12-24)39-30(32)25-13-7-4-8-14-25/h3-20,29-30H,21-22H2,1-2H3/t29-,30+,32-/m1/s1. The Hall–Kier alpha value is -3.98. The van der Waals surface area contributed by atoms with Gasteiger partial charge in [0.25, 0.3) is 10.0 Å². The van der Waals surface area contributed by atoms with E-state index in [-0.39, 0.29) is 11.4 Å². The first-order valence-electron chi connectivity index (χ1n) is 13.2. The highest BCUT2D eigenvalue weighted by Crippen LogP contribution is 2.61. The lowest BCUT2D eigenvalue weighted by Crippen LogP contribution is -2.54. The minimum absolute atomic E-state index is 0.150. The average Bonchev–Trinajstić information content (AvgIpc) is 3.32. The zero-order chi connectivity index (χ0) is 27.9. The number of fused-ring (bicyclic) bond motifs is 3. The summed E-state index contributed by atoms with van der Waals surface area (Å²) in [7, 11) is -2.70. The summed E-state index contributed by atoms with van der Waals surface area (Å²) in [5.41, 5.74) is 2.53. The van der Waals surface area contributed by atoms with Crippen LogP contribution < -0.4 is 4.31 Å². The Bertz CT molecular complexity index is 1630. The molecule has 0 aliphatic carbocycles. The molecule has 0 unspecified atom stereocenters. The van der Waals surface area contributed by atoms with Gasteiger partial charge in [0.05, 0.1) is 30.3 Å². The molecule has 1 fully saturated rings. The van der Waals surface area contributed by atoms with Gasteiger partial charge in [-0.1, -0.05) is 96.6 Å². The number of hydrogen-bond acceptors (Lipinski definition) is 6. The number of ether oxygens (including phenoxy) is 1. The van der Waals surface area contributed by atoms with Gasteiger partial charge in [-0.3, -0.25) is 13.9 Å². The Balaban J connectivity index is 1.58. The first kappa shape index (κ1) is 26.3. The van der Waals surface area contributed by atoms with Crippen LogP contribution in [0.2, 0.25) is 0 Å². The van der Waals surface area contributed by atoms with Crippen molar-refractivity contribution in [3.05, 3.63) is 131 Å². The van der Waals surface area contributed by atoms with Crippen molar-refractivity contribution in [1.29, 1.82) is 0 Å². The zero-order valence-corrected chi connectivity index (χ0v) is 23.1. The quantitative estimate of drug-likeness (QED) is 0.289. The molecule has 0 saturated carbocycles. The van der Waals surface area contributed by atoms with E-state index < -0.39 is 33.6 Å². The number of sulfonamides is 1. The maximum Gasteiger partial charge on any atom is 0.318 e. The van der Waals surface area contributed by atoms with Gasteiger partial charge < -0.3 is 4.74 Å². The van der Waals surface area contributed by atoms with E-state index in [2.05, 4.69) is 0 Å². The fourth-order valence-corrected chi connectivity index (χ4v) is 7.51. The minimum atomic E-state index is -4.04. The van der Waals surface area contributed by atoms with Gasteiger partial charge in [0.1, 0.15) is 11.5 Å². The molecule has 0 radical (unpaired) electrons. The molecular weight excluding hydrogens is 524 g/mol. The summed E-state index contributed by atoms with van der Waals surface area (Å²) in [5, 5.41) is 1.82. The van der Waals surface area contributed by atoms with Gasteiger partial charge in [0.2, 0.25) is 0 Å². The normalized spacial score (nSPS) is 22.4. The molecule has 0 N–H and O–H groups in total. The maximum absolute atomic E-state index is 14.2. The molecule has 4 aromatic rings. The second kappa shape index (κ2) is 10.2. The van der Waals surface area contributed by atoms with Crippen LogP contribution in [0.25, 0.3) is 0 Å². The third-order valence-electron chi connectivity index (χ3n) is 7.85. The van der Waals surface area contributed by atoms with E-state index in [0.29, 0.717) is 17.8 Å². The molecule has 0 aromatic heterocycles. The molecule has 3 atom stereocenters. The average molecular weight is 555 g/mol. The number of carbonyl (C=O) groups is 1. The van der Waals surface area contributed by atoms with E-state index in [1.807, 2.05) is 90.8 Å². The van der Waals surface area contributed by atoms with Crippen molar-refractivity contribution in [1.82, 2.24) is 5.06 Å². The van der Waals surface area contributed by atoms with E-state index in [1.165, 1.54) is 11.4 Å². The highest BCUT2D eigenvalue weighted by atomic mass is 32.2. The molecule has 1 saturated heterocycles. The van der Waals surface area contributed by atoms with Crippen molar-refractivity contribution in [2.24, 2.45) is 5.41 Å². The largest absolute Gasteiger partial charge is 0.468 e. The number of esters is 1. The summed E-state index contributed by atoms with van der Waals surface area (Å²) in [4.78, 5) is 20.9. The van der Waals surface area contributed by atoms with Gasteiger partial charge in [0.15, 0.2) is 0 Å². The Morgan fingerprint density at radius 1 is 0.900 bits per heavy atom. The first-order chi connectivity index (χ1) is 19.4. The van der Waals surface area contributed by atoms with E-state index in [0.717, 1.165) is 16.7 Å². The molecule has 2 aliphatic rings. The number of methoxy groups -OCH3 is 1. The van der Waals surface area contributed by atoms with Gasteiger partial charge in [-0.15, -0.1) is 0 Å². The van der Waals surface area contributed by atoms with Crippen molar-refractivity contribution in [3.8, 4) is 0 Å². The van der Waals surface area contributed by atoms with Gasteiger partial charge in [0, 0.05) is 6.54 Å². The van der Waals surface area contributed by atoms with Crippen LogP contribution in [0.15, 0.2) is 114 Å². The summed E-state index contributed by atoms with van der Waals surface area (Å²) >= 11 is 0. The van der Waals surface area contributed by atoms with Crippen molar-refractivity contribution in [2.75, 3.05) is 18.0 Å². The molecular formula is C32H30N2O5S. The lowest BCUT2D eigenvalue weighted by molar-refractivity contribution is -0.175. The topological polar surface area (TPSA) is 76.2 Å². The van der Waals surface area contributed by atoms with E-state index in [4.69, 9.17) is 9.57 Å². The lowest BCUT2D eigenvalue weighted by Gasteiger charge is -2.45. The summed E-state index contributed by atoms with van der Waals surface area (Å²) in [6.07, 6.45) is -0.793. The number of para-hydroxylation sites is 1. The van der Waals surface area contributed by atoms with Crippen molar-refractivity contribution in [3.63, 3.8) is 0 Å². The second-order valence-corrected chi connectivity index (χ2v) is 12.1. The molecule has 4 aromatic carbocycles. The maximum atomic E-state index is 14.2. The SMILES string of the molecule is COC(=O)[C@]12CN(S(=O)(=O)c3ccc(C)cc3)c3ccccc3[C@H]1N(Cc1ccccc1)O[C@H]2c1ccccc1. The van der Waals surface area contributed by atoms with Crippen LogP contribution in [0.5, 0.6) is 0 Å². The molecule has 2 aliphatic heterocycles. The monoisotopic (exact) mass is 554 g/mol. The summed E-state index contributed by atoms with van der Waals surface area (Å²) in [5.74, 6) is -0.527. The van der Waals surface area contributed by atoms with Crippen LogP contribution in [-0.4, -0.2) is 33.1 Å². The number of aryl methyl sites for hydroxylation is 1. The molecule has 0 bridgehead atoms. The highest BCUT2D eigenvalue weighted by molar-refractivity contribution is 7.92. The highest BCUT2D eigenvalue weighted by Gasteiger charge is 2.66. The Morgan fingerprint density at radius 3 is 2.20 bits per heavy atom. The number of hydroxylamine groups is 2. The van der Waals surface area contributed by atoms with Gasteiger partial charge in [-0.05, 0) is 41.8 Å². The van der Waals surface area contributed by atoms with Crippen molar-refractivity contribution in [2.45, 2.75) is 30.5 Å². The van der Waals surface area contributed by atoms with E-state index in [1.54, 1.807) is 30.3 Å². The predicted octanol–water partition coefficient (Wildman–Crippen LogP) is 5.59. The third kappa shape index (κ3) is 4.20. The van der Waals surface area contributed by atoms with Gasteiger partial charge >= 0.3 is 5.97 Å². The molecule has 2 heterocycles. The number of hydrogen-bond donors (Lipinski definition) is 0. The number of benzene rings is 4. The minimum Gasteiger partial charge on any atom is -0.468 e. The molecule has 0 spiro atoms. The summed E-state index contributed by atoms with van der Waals surface area (Å²) in [6.45, 7) is 2.15. The molecule has 204 valence electrons. The fourth-order valence-electron chi connectivity index (χ4n) is 5.96. The number of nitrogens with zero attached hydrogens (tertiary/aromatic N) is 2. The van der Waals surface area contributed by atoms with Crippen LogP contribution in [-0.2, 0) is 30.9 Å². The van der Waals surface area contributed by atoms with Gasteiger partial charge in [-0.25, -0.2) is 8.42 Å². The number of carbonyl (C=O) groups excluding carboxylic acids is 1. The van der Waals surface area contributed by atoms with Crippen LogP contribution >= 0.6 is 0 Å².